The van der Waals surface area contributed by atoms with E-state index in [2.05, 4.69) is 29.5 Å². The molecule has 0 aromatic heterocycles. The Morgan fingerprint density at radius 2 is 1.92 bits per heavy atom. The number of ether oxygens (including phenoxy) is 1. The first-order chi connectivity index (χ1) is 11.9. The summed E-state index contributed by atoms with van der Waals surface area (Å²) in [6, 6.07) is 0.482. The second-order valence-electron chi connectivity index (χ2n) is 6.51. The van der Waals surface area contributed by atoms with Gasteiger partial charge in [0, 0.05) is 39.3 Å². The van der Waals surface area contributed by atoms with E-state index in [9.17, 15) is 9.59 Å². The van der Waals surface area contributed by atoms with E-state index < -0.39 is 0 Å². The van der Waals surface area contributed by atoms with E-state index in [0.29, 0.717) is 25.7 Å². The Morgan fingerprint density at radius 1 is 1.28 bits per heavy atom. The van der Waals surface area contributed by atoms with Crippen LogP contribution in [0.2, 0.25) is 0 Å². The average molecular weight is 355 g/mol. The lowest BCUT2D eigenvalue weighted by Crippen LogP contribution is -2.51. The monoisotopic (exact) mass is 355 g/mol. The van der Waals surface area contributed by atoms with Crippen LogP contribution in [0, 0.1) is 0 Å². The second kappa shape index (κ2) is 10.8. The van der Waals surface area contributed by atoms with E-state index in [4.69, 9.17) is 4.74 Å². The largest absolute Gasteiger partial charge is 0.450 e. The number of rotatable bonds is 6. The highest BCUT2D eigenvalue weighted by Gasteiger charge is 2.24. The minimum Gasteiger partial charge on any atom is -0.450 e. The SMILES string of the molecule is CCOC(=O)N1CCC(NC(=NCC(=O)N(C)C)NC(C)CC)CC1. The number of guanidine groups is 1. The van der Waals surface area contributed by atoms with Crippen LogP contribution >= 0.6 is 0 Å². The van der Waals surface area contributed by atoms with Crippen LogP contribution in [0.15, 0.2) is 4.99 Å². The first kappa shape index (κ1) is 21.1. The number of carbonyl (C=O) groups is 2. The molecule has 1 fully saturated rings. The summed E-state index contributed by atoms with van der Waals surface area (Å²) in [5, 5.41) is 6.72. The Bertz CT molecular complexity index is 459. The standard InChI is InChI=1S/C17H33N5O3/c1-6-13(3)19-16(18-12-15(23)21(4)5)20-14-8-10-22(11-9-14)17(24)25-7-2/h13-14H,6-12H2,1-5H3,(H2,18,19,20). The summed E-state index contributed by atoms with van der Waals surface area (Å²) < 4.78 is 5.04. The molecule has 1 heterocycles. The molecule has 1 aliphatic rings. The highest BCUT2D eigenvalue weighted by Crippen LogP contribution is 2.11. The summed E-state index contributed by atoms with van der Waals surface area (Å²) in [4.78, 5) is 31.2. The quantitative estimate of drug-likeness (QED) is 0.549. The topological polar surface area (TPSA) is 86.3 Å². The summed E-state index contributed by atoms with van der Waals surface area (Å²) in [5.74, 6) is 0.613. The van der Waals surface area contributed by atoms with Gasteiger partial charge in [0.05, 0.1) is 6.61 Å². The van der Waals surface area contributed by atoms with Gasteiger partial charge in [-0.25, -0.2) is 9.79 Å². The molecule has 0 aromatic rings. The van der Waals surface area contributed by atoms with Crippen molar-refractivity contribution in [3.8, 4) is 0 Å². The zero-order valence-electron chi connectivity index (χ0n) is 16.2. The molecular formula is C17H33N5O3. The first-order valence-electron chi connectivity index (χ1n) is 9.06. The fourth-order valence-corrected chi connectivity index (χ4v) is 2.37. The Kier molecular flexibility index (Phi) is 9.08. The average Bonchev–Trinajstić information content (AvgIpc) is 2.59. The van der Waals surface area contributed by atoms with E-state index >= 15 is 0 Å². The smallest absolute Gasteiger partial charge is 0.409 e. The summed E-state index contributed by atoms with van der Waals surface area (Å²) in [5.41, 5.74) is 0. The molecule has 1 saturated heterocycles. The molecule has 0 saturated carbocycles. The van der Waals surface area contributed by atoms with Crippen LogP contribution in [0.4, 0.5) is 4.79 Å². The van der Waals surface area contributed by atoms with Crippen molar-refractivity contribution in [1.82, 2.24) is 20.4 Å². The number of piperidine rings is 1. The predicted octanol–water partition coefficient (Wildman–Crippen LogP) is 1.03. The molecular weight excluding hydrogens is 322 g/mol. The van der Waals surface area contributed by atoms with Gasteiger partial charge in [-0.2, -0.15) is 0 Å². The zero-order chi connectivity index (χ0) is 18.8. The van der Waals surface area contributed by atoms with Crippen LogP contribution in [0.1, 0.15) is 40.0 Å². The number of likely N-dealkylation sites (tertiary alicyclic amines) is 1. The molecule has 1 aliphatic heterocycles. The fourth-order valence-electron chi connectivity index (χ4n) is 2.37. The molecule has 25 heavy (non-hydrogen) atoms. The van der Waals surface area contributed by atoms with Gasteiger partial charge in [0.2, 0.25) is 5.91 Å². The maximum atomic E-state index is 11.8. The van der Waals surface area contributed by atoms with Crippen LogP contribution in [-0.4, -0.2) is 80.2 Å². The van der Waals surface area contributed by atoms with Crippen LogP contribution in [-0.2, 0) is 9.53 Å². The van der Waals surface area contributed by atoms with Gasteiger partial charge in [0.25, 0.3) is 0 Å². The first-order valence-corrected chi connectivity index (χ1v) is 9.06. The number of nitrogens with one attached hydrogen (secondary N) is 2. The second-order valence-corrected chi connectivity index (χ2v) is 6.51. The Morgan fingerprint density at radius 3 is 2.44 bits per heavy atom. The molecule has 2 amide bonds. The maximum absolute atomic E-state index is 11.8. The van der Waals surface area contributed by atoms with Gasteiger partial charge < -0.3 is 25.2 Å². The van der Waals surface area contributed by atoms with Crippen molar-refractivity contribution in [2.75, 3.05) is 40.3 Å². The number of likely N-dealkylation sites (N-methyl/N-ethyl adjacent to an activating group) is 1. The van der Waals surface area contributed by atoms with E-state index in [1.807, 2.05) is 6.92 Å². The number of amides is 2. The van der Waals surface area contributed by atoms with Crippen molar-refractivity contribution < 1.29 is 14.3 Å². The third-order valence-corrected chi connectivity index (χ3v) is 4.23. The van der Waals surface area contributed by atoms with Gasteiger partial charge in [-0.3, -0.25) is 4.79 Å². The molecule has 8 nitrogen and oxygen atoms in total. The minimum absolute atomic E-state index is 0.0395. The van der Waals surface area contributed by atoms with Crippen LogP contribution in [0.3, 0.4) is 0 Å². The molecule has 0 radical (unpaired) electrons. The lowest BCUT2D eigenvalue weighted by atomic mass is 10.1. The molecule has 1 rings (SSSR count). The maximum Gasteiger partial charge on any atom is 0.409 e. The van der Waals surface area contributed by atoms with Crippen molar-refractivity contribution >= 4 is 18.0 Å². The van der Waals surface area contributed by atoms with Crippen molar-refractivity contribution in [2.45, 2.75) is 52.1 Å². The fraction of sp³-hybridized carbons (Fsp3) is 0.824. The molecule has 2 N–H and O–H groups in total. The van der Waals surface area contributed by atoms with Crippen molar-refractivity contribution in [2.24, 2.45) is 4.99 Å². The van der Waals surface area contributed by atoms with Crippen molar-refractivity contribution in [3.05, 3.63) is 0 Å². The number of aliphatic imine (C=N–C) groups is 1. The van der Waals surface area contributed by atoms with Gasteiger partial charge in [-0.15, -0.1) is 0 Å². The molecule has 0 aromatic carbocycles. The van der Waals surface area contributed by atoms with Crippen LogP contribution < -0.4 is 10.6 Å². The third-order valence-electron chi connectivity index (χ3n) is 4.23. The normalized spacial score (nSPS) is 17.0. The van der Waals surface area contributed by atoms with E-state index in [1.54, 1.807) is 19.0 Å². The molecule has 1 unspecified atom stereocenters. The molecule has 0 bridgehead atoms. The van der Waals surface area contributed by atoms with Crippen molar-refractivity contribution in [1.29, 1.82) is 0 Å². The van der Waals surface area contributed by atoms with E-state index in [0.717, 1.165) is 19.3 Å². The van der Waals surface area contributed by atoms with Gasteiger partial charge in [0.15, 0.2) is 5.96 Å². The summed E-state index contributed by atoms with van der Waals surface area (Å²) in [6.45, 7) is 7.80. The zero-order valence-corrected chi connectivity index (χ0v) is 16.2. The number of hydrogen-bond donors (Lipinski definition) is 2. The van der Waals surface area contributed by atoms with Crippen molar-refractivity contribution in [3.63, 3.8) is 0 Å². The van der Waals surface area contributed by atoms with E-state index in [-0.39, 0.29) is 30.6 Å². The molecule has 0 spiro atoms. The lowest BCUT2D eigenvalue weighted by Gasteiger charge is -2.32. The molecule has 1 atom stereocenters. The van der Waals surface area contributed by atoms with Gasteiger partial charge in [-0.1, -0.05) is 6.92 Å². The minimum atomic E-state index is -0.246. The molecule has 0 aliphatic carbocycles. The third kappa shape index (κ3) is 7.62. The Labute approximate surface area is 151 Å². The van der Waals surface area contributed by atoms with Crippen LogP contribution in [0.5, 0.6) is 0 Å². The van der Waals surface area contributed by atoms with Gasteiger partial charge in [0.1, 0.15) is 6.54 Å². The summed E-state index contributed by atoms with van der Waals surface area (Å²) in [7, 11) is 3.44. The highest BCUT2D eigenvalue weighted by molar-refractivity contribution is 5.85. The van der Waals surface area contributed by atoms with Gasteiger partial charge >= 0.3 is 6.09 Å². The number of nitrogens with zero attached hydrogens (tertiary/aromatic N) is 3. The summed E-state index contributed by atoms with van der Waals surface area (Å²) in [6.07, 6.45) is 2.36. The Hall–Kier alpha value is -1.99. The number of carbonyl (C=O) groups excluding carboxylic acids is 2. The molecule has 8 heteroatoms. The molecule has 144 valence electrons. The lowest BCUT2D eigenvalue weighted by molar-refractivity contribution is -0.127. The number of hydrogen-bond acceptors (Lipinski definition) is 4. The van der Waals surface area contributed by atoms with E-state index in [1.165, 1.54) is 4.90 Å². The predicted molar refractivity (Wildman–Crippen MR) is 98.6 cm³/mol. The Balaban J connectivity index is 2.58. The summed E-state index contributed by atoms with van der Waals surface area (Å²) >= 11 is 0. The van der Waals surface area contributed by atoms with Crippen LogP contribution in [0.25, 0.3) is 0 Å². The van der Waals surface area contributed by atoms with Gasteiger partial charge in [-0.05, 0) is 33.1 Å². The highest BCUT2D eigenvalue weighted by atomic mass is 16.6.